The van der Waals surface area contributed by atoms with Crippen LogP contribution in [-0.2, 0) is 6.54 Å². The average molecular weight is 319 g/mol. The second-order valence-electron chi connectivity index (χ2n) is 5.54. The third-order valence-electron chi connectivity index (χ3n) is 3.97. The van der Waals surface area contributed by atoms with E-state index in [-0.39, 0.29) is 6.17 Å². The largest absolute Gasteiger partial charge is 0.445 e. The summed E-state index contributed by atoms with van der Waals surface area (Å²) in [4.78, 5) is 7.91. The molecule has 0 spiro atoms. The maximum absolute atomic E-state index is 5.36. The minimum Gasteiger partial charge on any atom is -0.445 e. The number of aromatic nitrogens is 3. The first-order chi connectivity index (χ1) is 11.9. The van der Waals surface area contributed by atoms with Crippen LogP contribution >= 0.6 is 0 Å². The van der Waals surface area contributed by atoms with Crippen molar-refractivity contribution in [2.75, 3.05) is 0 Å². The van der Waals surface area contributed by atoms with Crippen molar-refractivity contribution in [3.8, 4) is 5.88 Å². The molecule has 0 saturated heterocycles. The summed E-state index contributed by atoms with van der Waals surface area (Å²) in [6, 6.07) is 13.9. The highest BCUT2D eigenvalue weighted by molar-refractivity contribution is 5.71. The number of rotatable bonds is 3. The zero-order valence-electron chi connectivity index (χ0n) is 12.6. The molecule has 0 N–H and O–H groups in total. The summed E-state index contributed by atoms with van der Waals surface area (Å²) < 4.78 is 5.36. The van der Waals surface area contributed by atoms with Crippen molar-refractivity contribution in [1.82, 2.24) is 24.9 Å². The first-order valence-corrected chi connectivity index (χ1v) is 7.56. The molecule has 2 aliphatic rings. The lowest BCUT2D eigenvalue weighted by molar-refractivity contribution is 0.198. The van der Waals surface area contributed by atoms with Crippen molar-refractivity contribution in [3.05, 3.63) is 60.0 Å². The molecule has 5 rings (SSSR count). The molecule has 1 unspecified atom stereocenters. The number of fused-ring (bicyclic) bond motifs is 3. The molecule has 0 aliphatic carbocycles. The summed E-state index contributed by atoms with van der Waals surface area (Å²) >= 11 is 0. The zero-order chi connectivity index (χ0) is 15.9. The molecule has 4 heterocycles. The van der Waals surface area contributed by atoms with Gasteiger partial charge in [0.2, 0.25) is 11.7 Å². The summed E-state index contributed by atoms with van der Waals surface area (Å²) in [5, 5.41) is 15.1. The molecule has 118 valence electrons. The highest BCUT2D eigenvalue weighted by atomic mass is 16.3. The second-order valence-corrected chi connectivity index (χ2v) is 5.54. The van der Waals surface area contributed by atoms with Crippen molar-refractivity contribution in [1.29, 1.82) is 0 Å². The summed E-state index contributed by atoms with van der Waals surface area (Å²) in [5.41, 5.74) is 1.95. The van der Waals surface area contributed by atoms with Crippen LogP contribution < -0.4 is 0 Å². The monoisotopic (exact) mass is 319 g/mol. The van der Waals surface area contributed by atoms with Gasteiger partial charge in [0.15, 0.2) is 11.9 Å². The van der Waals surface area contributed by atoms with Crippen molar-refractivity contribution < 1.29 is 4.42 Å². The summed E-state index contributed by atoms with van der Waals surface area (Å²) in [6.45, 7) is 0.729. The normalized spacial score (nSPS) is 18.1. The van der Waals surface area contributed by atoms with Crippen LogP contribution in [0.3, 0.4) is 0 Å². The topological polar surface area (TPSA) is 75.0 Å². The van der Waals surface area contributed by atoms with E-state index in [4.69, 9.17) is 4.42 Å². The van der Waals surface area contributed by atoms with Gasteiger partial charge >= 0.3 is 0 Å². The number of furan rings is 1. The summed E-state index contributed by atoms with van der Waals surface area (Å²) in [7, 11) is 0. The third-order valence-corrected chi connectivity index (χ3v) is 3.97. The molecule has 0 radical (unpaired) electrons. The van der Waals surface area contributed by atoms with E-state index < -0.39 is 0 Å². The van der Waals surface area contributed by atoms with Gasteiger partial charge in [-0.2, -0.15) is 5.10 Å². The number of aliphatic imine (C=N–C) groups is 1. The summed E-state index contributed by atoms with van der Waals surface area (Å²) in [5.74, 6) is 1.14. The molecule has 3 aromatic rings. The Bertz CT molecular complexity index is 913. The number of hydrazone groups is 1. The van der Waals surface area contributed by atoms with Gasteiger partial charge in [-0.1, -0.05) is 30.3 Å². The van der Waals surface area contributed by atoms with Crippen molar-refractivity contribution in [2.45, 2.75) is 12.7 Å². The Morgan fingerprint density at radius 1 is 1.00 bits per heavy atom. The second kappa shape index (κ2) is 5.05. The molecule has 8 nitrogen and oxygen atoms in total. The Labute approximate surface area is 137 Å². The lowest BCUT2D eigenvalue weighted by Crippen LogP contribution is -2.33. The van der Waals surface area contributed by atoms with Crippen molar-refractivity contribution in [3.63, 3.8) is 0 Å². The fourth-order valence-electron chi connectivity index (χ4n) is 2.87. The first kappa shape index (κ1) is 13.1. The molecule has 0 saturated carbocycles. The molecule has 8 heteroatoms. The Kier molecular flexibility index (Phi) is 2.75. The SMILES string of the molecule is C1=Nc2nn(-c3ccco3)nc2C2N(Cc3ccccc3)C=NN12. The van der Waals surface area contributed by atoms with Gasteiger partial charge < -0.3 is 9.32 Å². The predicted molar refractivity (Wildman–Crippen MR) is 86.8 cm³/mol. The number of nitrogens with zero attached hydrogens (tertiary/aromatic N) is 7. The fourth-order valence-corrected chi connectivity index (χ4v) is 2.87. The quantitative estimate of drug-likeness (QED) is 0.740. The van der Waals surface area contributed by atoms with Gasteiger partial charge in [-0.3, -0.25) is 0 Å². The van der Waals surface area contributed by atoms with Gasteiger partial charge in [0.05, 0.1) is 6.26 Å². The lowest BCUT2D eigenvalue weighted by atomic mass is 10.2. The van der Waals surface area contributed by atoms with E-state index in [0.717, 1.165) is 12.2 Å². The molecule has 2 aliphatic heterocycles. The molecule has 0 amide bonds. The van der Waals surface area contributed by atoms with E-state index in [1.807, 2.05) is 24.5 Å². The van der Waals surface area contributed by atoms with Crippen LogP contribution in [0.5, 0.6) is 0 Å². The molecular weight excluding hydrogens is 306 g/mol. The van der Waals surface area contributed by atoms with Crippen LogP contribution in [-0.4, -0.2) is 37.6 Å². The Morgan fingerprint density at radius 2 is 1.92 bits per heavy atom. The van der Waals surface area contributed by atoms with Crippen molar-refractivity contribution in [2.24, 2.45) is 10.1 Å². The van der Waals surface area contributed by atoms with Gasteiger partial charge in [-0.05, 0) is 11.6 Å². The molecule has 1 aromatic carbocycles. The summed E-state index contributed by atoms with van der Waals surface area (Å²) in [6.07, 6.45) is 4.93. The van der Waals surface area contributed by atoms with E-state index in [9.17, 15) is 0 Å². The molecule has 24 heavy (non-hydrogen) atoms. The van der Waals surface area contributed by atoms with E-state index in [2.05, 4.69) is 37.3 Å². The van der Waals surface area contributed by atoms with Crippen LogP contribution in [0.2, 0.25) is 0 Å². The van der Waals surface area contributed by atoms with E-state index in [1.165, 1.54) is 10.4 Å². The number of benzene rings is 1. The molecule has 2 aromatic heterocycles. The van der Waals surface area contributed by atoms with Gasteiger partial charge in [-0.15, -0.1) is 15.0 Å². The van der Waals surface area contributed by atoms with Gasteiger partial charge in [-0.25, -0.2) is 10.0 Å². The predicted octanol–water partition coefficient (Wildman–Crippen LogP) is 2.29. The Balaban J connectivity index is 1.50. The first-order valence-electron chi connectivity index (χ1n) is 7.56. The minimum atomic E-state index is -0.151. The van der Waals surface area contributed by atoms with E-state index >= 15 is 0 Å². The Hall–Kier alpha value is -3.42. The smallest absolute Gasteiger partial charge is 0.238 e. The van der Waals surface area contributed by atoms with Gasteiger partial charge in [0.1, 0.15) is 12.7 Å². The highest BCUT2D eigenvalue weighted by Gasteiger charge is 2.37. The molecule has 0 fully saturated rings. The zero-order valence-corrected chi connectivity index (χ0v) is 12.6. The lowest BCUT2D eigenvalue weighted by Gasteiger charge is -2.28. The van der Waals surface area contributed by atoms with E-state index in [0.29, 0.717) is 11.7 Å². The molecule has 0 bridgehead atoms. The fraction of sp³-hybridized carbons (Fsp3) is 0.125. The minimum absolute atomic E-state index is 0.151. The van der Waals surface area contributed by atoms with Crippen molar-refractivity contribution >= 4 is 18.5 Å². The van der Waals surface area contributed by atoms with E-state index in [1.54, 1.807) is 29.7 Å². The van der Waals surface area contributed by atoms with Crippen LogP contribution in [0.1, 0.15) is 17.4 Å². The third kappa shape index (κ3) is 2.00. The maximum atomic E-state index is 5.36. The van der Waals surface area contributed by atoms with Crippen LogP contribution in [0.15, 0.2) is 63.2 Å². The average Bonchev–Trinajstić information content (AvgIpc) is 3.34. The maximum Gasteiger partial charge on any atom is 0.238 e. The molecular formula is C16H13N7O. The standard InChI is InChI=1S/C16H13N7O/c1-2-5-12(6-3-1)9-21-11-18-22-10-17-15-14(16(21)22)19-23(20-15)13-7-4-8-24-13/h1-8,10-11,16H,9H2. The van der Waals surface area contributed by atoms with Crippen LogP contribution in [0.25, 0.3) is 5.88 Å². The van der Waals surface area contributed by atoms with Gasteiger partial charge in [0.25, 0.3) is 0 Å². The Morgan fingerprint density at radius 3 is 2.75 bits per heavy atom. The highest BCUT2D eigenvalue weighted by Crippen LogP contribution is 2.36. The van der Waals surface area contributed by atoms with Crippen LogP contribution in [0.4, 0.5) is 5.82 Å². The number of hydrogen-bond donors (Lipinski definition) is 0. The van der Waals surface area contributed by atoms with Crippen LogP contribution in [0, 0.1) is 0 Å². The molecule has 1 atom stereocenters. The van der Waals surface area contributed by atoms with Gasteiger partial charge in [0, 0.05) is 12.6 Å². The number of hydrogen-bond acceptors (Lipinski definition) is 7.